The predicted octanol–water partition coefficient (Wildman–Crippen LogP) is 1.31. The molecule has 0 aliphatic carbocycles. The lowest BCUT2D eigenvalue weighted by molar-refractivity contribution is 0.0170. The summed E-state index contributed by atoms with van der Waals surface area (Å²) in [5.41, 5.74) is 2.28. The van der Waals surface area contributed by atoms with Crippen LogP contribution in [-0.2, 0) is 6.42 Å². The summed E-state index contributed by atoms with van der Waals surface area (Å²) in [4.78, 5) is 0. The molecule has 2 aromatic rings. The summed E-state index contributed by atoms with van der Waals surface area (Å²) < 4.78 is 6.33. The monoisotopic (exact) mass is 271 g/mol. The van der Waals surface area contributed by atoms with E-state index in [1.165, 1.54) is 5.56 Å². The number of aryl methyl sites for hydroxylation is 1. The molecule has 1 spiro atoms. The van der Waals surface area contributed by atoms with Crippen molar-refractivity contribution in [3.05, 3.63) is 23.8 Å². The van der Waals surface area contributed by atoms with E-state index < -0.39 is 0 Å². The van der Waals surface area contributed by atoms with Crippen LogP contribution in [0, 0.1) is 0 Å². The van der Waals surface area contributed by atoms with E-state index in [1.54, 1.807) is 0 Å². The topological polar surface area (TPSA) is 75.7 Å². The fraction of sp³-hybridized carbons (Fsp3) is 0.500. The molecule has 104 valence electrons. The molecule has 0 atom stereocenters. The van der Waals surface area contributed by atoms with Gasteiger partial charge in [-0.1, -0.05) is 0 Å². The summed E-state index contributed by atoms with van der Waals surface area (Å²) in [6.07, 6.45) is 4.34. The van der Waals surface area contributed by atoms with E-state index in [1.807, 2.05) is 12.1 Å². The van der Waals surface area contributed by atoms with Gasteiger partial charge in [0.05, 0.1) is 0 Å². The van der Waals surface area contributed by atoms with Crippen LogP contribution in [0.1, 0.15) is 24.8 Å². The van der Waals surface area contributed by atoms with Crippen molar-refractivity contribution in [2.24, 2.45) is 0 Å². The average Bonchev–Trinajstić information content (AvgIpc) is 3.02. The Morgan fingerprint density at radius 1 is 1.15 bits per heavy atom. The van der Waals surface area contributed by atoms with Gasteiger partial charge in [0.25, 0.3) is 0 Å². The first-order valence-corrected chi connectivity index (χ1v) is 7.11. The molecule has 6 heteroatoms. The number of piperidine rings is 1. The average molecular weight is 271 g/mol. The van der Waals surface area contributed by atoms with Crippen LogP contribution >= 0.6 is 0 Å². The van der Waals surface area contributed by atoms with Crippen molar-refractivity contribution in [1.82, 2.24) is 25.9 Å². The summed E-state index contributed by atoms with van der Waals surface area (Å²) in [7, 11) is 0. The SMILES string of the molecule is c1cc2c(cc1-c1nn[nH]n1)CCC1(CCNCC1)O2. The van der Waals surface area contributed by atoms with Crippen LogP contribution in [0.2, 0.25) is 0 Å². The number of nitrogens with one attached hydrogen (secondary N) is 2. The lowest BCUT2D eigenvalue weighted by atomic mass is 9.83. The fourth-order valence-corrected chi connectivity index (χ4v) is 3.18. The van der Waals surface area contributed by atoms with E-state index >= 15 is 0 Å². The Labute approximate surface area is 116 Å². The van der Waals surface area contributed by atoms with Gasteiger partial charge < -0.3 is 10.1 Å². The highest BCUT2D eigenvalue weighted by atomic mass is 16.5. The van der Waals surface area contributed by atoms with E-state index in [2.05, 4.69) is 32.0 Å². The smallest absolute Gasteiger partial charge is 0.204 e. The Bertz CT molecular complexity index is 604. The summed E-state index contributed by atoms with van der Waals surface area (Å²) in [5.74, 6) is 1.65. The van der Waals surface area contributed by atoms with Gasteiger partial charge in [0.1, 0.15) is 11.4 Å². The van der Waals surface area contributed by atoms with Crippen LogP contribution in [-0.4, -0.2) is 39.3 Å². The molecule has 1 aromatic heterocycles. The molecule has 0 radical (unpaired) electrons. The van der Waals surface area contributed by atoms with Gasteiger partial charge >= 0.3 is 0 Å². The van der Waals surface area contributed by atoms with Crippen molar-refractivity contribution in [3.8, 4) is 17.1 Å². The Balaban J connectivity index is 1.63. The third kappa shape index (κ3) is 1.96. The summed E-state index contributed by atoms with van der Waals surface area (Å²) >= 11 is 0. The highest BCUT2D eigenvalue weighted by Gasteiger charge is 2.37. The number of nitrogens with zero attached hydrogens (tertiary/aromatic N) is 3. The van der Waals surface area contributed by atoms with E-state index in [4.69, 9.17) is 4.74 Å². The molecule has 4 rings (SSSR count). The lowest BCUT2D eigenvalue weighted by Gasteiger charge is -2.41. The molecule has 0 unspecified atom stereocenters. The van der Waals surface area contributed by atoms with Crippen molar-refractivity contribution in [2.75, 3.05) is 13.1 Å². The Morgan fingerprint density at radius 3 is 2.85 bits per heavy atom. The molecule has 0 amide bonds. The molecule has 0 saturated carbocycles. The number of hydrogen-bond donors (Lipinski definition) is 2. The molecule has 1 saturated heterocycles. The van der Waals surface area contributed by atoms with Crippen molar-refractivity contribution in [3.63, 3.8) is 0 Å². The molecule has 6 nitrogen and oxygen atoms in total. The maximum Gasteiger partial charge on any atom is 0.204 e. The molecular weight excluding hydrogens is 254 g/mol. The second-order valence-corrected chi connectivity index (χ2v) is 5.59. The minimum Gasteiger partial charge on any atom is -0.487 e. The van der Waals surface area contributed by atoms with E-state index in [9.17, 15) is 0 Å². The van der Waals surface area contributed by atoms with Crippen LogP contribution in [0.4, 0.5) is 0 Å². The first-order valence-electron chi connectivity index (χ1n) is 7.11. The molecule has 20 heavy (non-hydrogen) atoms. The second kappa shape index (κ2) is 4.56. The number of tetrazole rings is 1. The van der Waals surface area contributed by atoms with Crippen LogP contribution in [0.15, 0.2) is 18.2 Å². The number of rotatable bonds is 1. The minimum absolute atomic E-state index is 0.0475. The maximum atomic E-state index is 6.33. The summed E-state index contributed by atoms with van der Waals surface area (Å²) in [6.45, 7) is 2.10. The van der Waals surface area contributed by atoms with Gasteiger partial charge in [-0.05, 0) is 67.7 Å². The number of hydrogen-bond acceptors (Lipinski definition) is 5. The highest BCUT2D eigenvalue weighted by Crippen LogP contribution is 2.39. The molecule has 1 aromatic carbocycles. The number of aromatic nitrogens is 4. The molecular formula is C14H17N5O. The van der Waals surface area contributed by atoms with Gasteiger partial charge in [-0.25, -0.2) is 0 Å². The first-order chi connectivity index (χ1) is 9.85. The quantitative estimate of drug-likeness (QED) is 0.818. The van der Waals surface area contributed by atoms with Crippen LogP contribution in [0.5, 0.6) is 5.75 Å². The maximum absolute atomic E-state index is 6.33. The van der Waals surface area contributed by atoms with Gasteiger partial charge in [-0.15, -0.1) is 10.2 Å². The van der Waals surface area contributed by atoms with Gasteiger partial charge in [-0.2, -0.15) is 5.21 Å². The first kappa shape index (κ1) is 11.8. The van der Waals surface area contributed by atoms with Gasteiger partial charge in [0.2, 0.25) is 5.82 Å². The Morgan fingerprint density at radius 2 is 2.05 bits per heavy atom. The zero-order valence-corrected chi connectivity index (χ0v) is 11.2. The number of benzene rings is 1. The predicted molar refractivity (Wildman–Crippen MR) is 73.4 cm³/mol. The number of H-pyrrole nitrogens is 1. The summed E-state index contributed by atoms with van der Waals surface area (Å²) in [6, 6.07) is 6.17. The molecule has 3 heterocycles. The number of fused-ring (bicyclic) bond motifs is 1. The van der Waals surface area contributed by atoms with Crippen molar-refractivity contribution in [2.45, 2.75) is 31.3 Å². The van der Waals surface area contributed by atoms with E-state index in [0.717, 1.165) is 50.1 Å². The molecule has 2 aliphatic heterocycles. The number of ether oxygens (including phenoxy) is 1. The van der Waals surface area contributed by atoms with Crippen LogP contribution in [0.3, 0.4) is 0 Å². The lowest BCUT2D eigenvalue weighted by Crippen LogP contribution is -2.48. The Kier molecular flexibility index (Phi) is 2.70. The zero-order chi connectivity index (χ0) is 13.4. The highest BCUT2D eigenvalue weighted by molar-refractivity contribution is 5.58. The van der Waals surface area contributed by atoms with Crippen molar-refractivity contribution >= 4 is 0 Å². The molecule has 0 bridgehead atoms. The third-order valence-corrected chi connectivity index (χ3v) is 4.36. The summed E-state index contributed by atoms with van der Waals surface area (Å²) in [5, 5.41) is 17.5. The van der Waals surface area contributed by atoms with Gasteiger partial charge in [-0.3, -0.25) is 0 Å². The largest absolute Gasteiger partial charge is 0.487 e. The van der Waals surface area contributed by atoms with Crippen LogP contribution < -0.4 is 10.1 Å². The molecule has 2 N–H and O–H groups in total. The molecule has 2 aliphatic rings. The number of aromatic amines is 1. The third-order valence-electron chi connectivity index (χ3n) is 4.36. The standard InChI is InChI=1S/C14H17N5O/c1-2-12-10(9-11(1)13-16-18-19-17-13)3-4-14(20-12)5-7-15-8-6-14/h1-2,9,15H,3-8H2,(H,16,17,18,19). The van der Waals surface area contributed by atoms with E-state index in [0.29, 0.717) is 5.82 Å². The van der Waals surface area contributed by atoms with Crippen molar-refractivity contribution in [1.29, 1.82) is 0 Å². The van der Waals surface area contributed by atoms with Crippen molar-refractivity contribution < 1.29 is 4.74 Å². The zero-order valence-electron chi connectivity index (χ0n) is 11.2. The normalized spacial score (nSPS) is 20.4. The second-order valence-electron chi connectivity index (χ2n) is 5.59. The molecule has 1 fully saturated rings. The van der Waals surface area contributed by atoms with Crippen LogP contribution in [0.25, 0.3) is 11.4 Å². The fourth-order valence-electron chi connectivity index (χ4n) is 3.18. The van der Waals surface area contributed by atoms with Gasteiger partial charge in [0.15, 0.2) is 0 Å². The van der Waals surface area contributed by atoms with Gasteiger partial charge in [0, 0.05) is 5.56 Å². The Hall–Kier alpha value is -1.95. The minimum atomic E-state index is 0.0475. The van der Waals surface area contributed by atoms with E-state index in [-0.39, 0.29) is 5.60 Å².